The van der Waals surface area contributed by atoms with E-state index in [1.54, 1.807) is 32.2 Å². The quantitative estimate of drug-likeness (QED) is 0.902. The van der Waals surface area contributed by atoms with Crippen LogP contribution in [0.2, 0.25) is 0 Å². The lowest BCUT2D eigenvalue weighted by atomic mass is 10.3. The highest BCUT2D eigenvalue weighted by Gasteiger charge is 2.22. The smallest absolute Gasteiger partial charge is 0.345 e. The first-order chi connectivity index (χ1) is 9.31. The lowest BCUT2D eigenvalue weighted by Crippen LogP contribution is -2.14. The number of hydrogen-bond acceptors (Lipinski definition) is 5. The summed E-state index contributed by atoms with van der Waals surface area (Å²) in [6.07, 6.45) is 1.56. The summed E-state index contributed by atoms with van der Waals surface area (Å²) in [4.78, 5) is 15.3. The fraction of sp³-hybridized carbons (Fsp3) is 0.167. The van der Waals surface area contributed by atoms with Gasteiger partial charge in [-0.05, 0) is 32.0 Å². The highest BCUT2D eigenvalue weighted by molar-refractivity contribution is 7.93. The molecule has 0 spiro atoms. The van der Waals surface area contributed by atoms with E-state index in [0.29, 0.717) is 16.3 Å². The van der Waals surface area contributed by atoms with Gasteiger partial charge in [-0.15, -0.1) is 11.3 Å². The third kappa shape index (κ3) is 2.81. The van der Waals surface area contributed by atoms with Gasteiger partial charge in [-0.2, -0.15) is 0 Å². The van der Waals surface area contributed by atoms with E-state index < -0.39 is 16.0 Å². The third-order valence-corrected chi connectivity index (χ3v) is 5.28. The van der Waals surface area contributed by atoms with Gasteiger partial charge in [-0.3, -0.25) is 9.71 Å². The first-order valence-electron chi connectivity index (χ1n) is 5.59. The molecule has 2 aromatic heterocycles. The van der Waals surface area contributed by atoms with Gasteiger partial charge >= 0.3 is 5.97 Å². The number of aromatic carboxylic acids is 1. The van der Waals surface area contributed by atoms with E-state index in [4.69, 9.17) is 5.11 Å². The van der Waals surface area contributed by atoms with Crippen molar-refractivity contribution >= 4 is 33.0 Å². The minimum atomic E-state index is -3.82. The Labute approximate surface area is 120 Å². The fourth-order valence-electron chi connectivity index (χ4n) is 1.63. The van der Waals surface area contributed by atoms with Crippen LogP contribution in [0.15, 0.2) is 29.3 Å². The summed E-state index contributed by atoms with van der Waals surface area (Å²) in [6.45, 7) is 3.25. The number of anilines is 1. The van der Waals surface area contributed by atoms with Gasteiger partial charge in [0.05, 0.1) is 11.4 Å². The summed E-state index contributed by atoms with van der Waals surface area (Å²) in [7, 11) is -3.82. The van der Waals surface area contributed by atoms with Crippen LogP contribution in [0, 0.1) is 13.8 Å². The van der Waals surface area contributed by atoms with Crippen molar-refractivity contribution in [2.45, 2.75) is 18.7 Å². The predicted octanol–water partition coefficient (Wildman–Crippen LogP) is 2.26. The molecule has 0 atom stereocenters. The minimum absolute atomic E-state index is 0.00853. The number of thiophene rings is 1. The number of carboxylic acid groups (broad SMARTS) is 1. The van der Waals surface area contributed by atoms with Gasteiger partial charge in [0.25, 0.3) is 10.0 Å². The number of rotatable bonds is 4. The Morgan fingerprint density at radius 3 is 2.65 bits per heavy atom. The molecule has 0 saturated heterocycles. The van der Waals surface area contributed by atoms with Crippen LogP contribution in [0.5, 0.6) is 0 Å². The maximum atomic E-state index is 12.3. The van der Waals surface area contributed by atoms with Gasteiger partial charge in [-0.25, -0.2) is 13.2 Å². The molecular formula is C12H12N2O4S2. The normalized spacial score (nSPS) is 11.3. The highest BCUT2D eigenvalue weighted by Crippen LogP contribution is 2.27. The Kier molecular flexibility index (Phi) is 3.78. The number of hydrogen-bond donors (Lipinski definition) is 2. The number of carboxylic acids is 1. The number of aromatic nitrogens is 1. The number of nitrogens with one attached hydrogen (secondary N) is 1. The Morgan fingerprint density at radius 1 is 1.40 bits per heavy atom. The minimum Gasteiger partial charge on any atom is -0.477 e. The molecule has 6 nitrogen and oxygen atoms in total. The first-order valence-corrected chi connectivity index (χ1v) is 7.89. The molecule has 0 radical (unpaired) electrons. The van der Waals surface area contributed by atoms with Gasteiger partial charge in [0.2, 0.25) is 0 Å². The van der Waals surface area contributed by atoms with Gasteiger partial charge in [0.15, 0.2) is 0 Å². The molecule has 0 bridgehead atoms. The lowest BCUT2D eigenvalue weighted by Gasteiger charge is -2.09. The van der Waals surface area contributed by atoms with Gasteiger partial charge in [-0.1, -0.05) is 0 Å². The third-order valence-electron chi connectivity index (χ3n) is 2.62. The van der Waals surface area contributed by atoms with Crippen LogP contribution in [0.1, 0.15) is 20.2 Å². The standard InChI is InChI=1S/C12H12N2O4S2/c1-7-9(4-3-5-13-7)14-20(17,18)11-6-10(12(15)16)19-8(11)2/h3-6,14H,1-2H3,(H,15,16). The van der Waals surface area contributed by atoms with Crippen molar-refractivity contribution in [2.24, 2.45) is 0 Å². The van der Waals surface area contributed by atoms with Gasteiger partial charge in [0, 0.05) is 11.1 Å². The van der Waals surface area contributed by atoms with Gasteiger partial charge < -0.3 is 5.11 Å². The van der Waals surface area contributed by atoms with Crippen LogP contribution in [0.3, 0.4) is 0 Å². The number of nitrogens with zero attached hydrogens (tertiary/aromatic N) is 1. The topological polar surface area (TPSA) is 96.4 Å². The van der Waals surface area contributed by atoms with E-state index in [0.717, 1.165) is 17.4 Å². The molecule has 0 unspecified atom stereocenters. The molecular weight excluding hydrogens is 300 g/mol. The second-order valence-electron chi connectivity index (χ2n) is 4.08. The summed E-state index contributed by atoms with van der Waals surface area (Å²) in [5.74, 6) is -1.14. The molecule has 20 heavy (non-hydrogen) atoms. The Balaban J connectivity index is 2.41. The fourth-order valence-corrected chi connectivity index (χ4v) is 4.18. The second-order valence-corrected chi connectivity index (χ2v) is 6.99. The zero-order chi connectivity index (χ0) is 14.9. The maximum absolute atomic E-state index is 12.3. The van der Waals surface area contributed by atoms with Crippen LogP contribution in [0.4, 0.5) is 5.69 Å². The van der Waals surface area contributed by atoms with E-state index in [9.17, 15) is 13.2 Å². The van der Waals surface area contributed by atoms with Crippen molar-refractivity contribution < 1.29 is 18.3 Å². The van der Waals surface area contributed by atoms with Crippen molar-refractivity contribution in [3.63, 3.8) is 0 Å². The number of aryl methyl sites for hydroxylation is 2. The number of pyridine rings is 1. The highest BCUT2D eigenvalue weighted by atomic mass is 32.2. The van der Waals surface area contributed by atoms with Crippen LogP contribution < -0.4 is 4.72 Å². The molecule has 0 aromatic carbocycles. The molecule has 2 rings (SSSR count). The zero-order valence-electron chi connectivity index (χ0n) is 10.7. The molecule has 0 aliphatic heterocycles. The van der Waals surface area contributed by atoms with E-state index in [-0.39, 0.29) is 9.77 Å². The summed E-state index contributed by atoms with van der Waals surface area (Å²) in [5, 5.41) is 8.91. The molecule has 0 aliphatic carbocycles. The Bertz CT molecular complexity index is 766. The molecule has 8 heteroatoms. The number of carbonyl (C=O) groups is 1. The summed E-state index contributed by atoms with van der Waals surface area (Å²) >= 11 is 0.930. The second kappa shape index (κ2) is 5.22. The van der Waals surface area contributed by atoms with Gasteiger partial charge in [0.1, 0.15) is 9.77 Å². The Hall–Kier alpha value is -1.93. The van der Waals surface area contributed by atoms with E-state index in [1.807, 2.05) is 0 Å². The zero-order valence-corrected chi connectivity index (χ0v) is 12.4. The maximum Gasteiger partial charge on any atom is 0.345 e. The van der Waals surface area contributed by atoms with E-state index in [1.165, 1.54) is 0 Å². The average molecular weight is 312 g/mol. The van der Waals surface area contributed by atoms with E-state index in [2.05, 4.69) is 9.71 Å². The van der Waals surface area contributed by atoms with Crippen LogP contribution in [0.25, 0.3) is 0 Å². The average Bonchev–Trinajstić information content (AvgIpc) is 2.75. The molecule has 2 aromatic rings. The summed E-state index contributed by atoms with van der Waals surface area (Å²) in [6, 6.07) is 4.38. The Morgan fingerprint density at radius 2 is 2.10 bits per heavy atom. The van der Waals surface area contributed by atoms with Crippen LogP contribution >= 0.6 is 11.3 Å². The largest absolute Gasteiger partial charge is 0.477 e. The molecule has 0 amide bonds. The van der Waals surface area contributed by atoms with Crippen molar-refractivity contribution in [2.75, 3.05) is 4.72 Å². The van der Waals surface area contributed by atoms with Crippen LogP contribution in [-0.4, -0.2) is 24.5 Å². The molecule has 2 heterocycles. The van der Waals surface area contributed by atoms with Crippen molar-refractivity contribution in [3.8, 4) is 0 Å². The molecule has 0 saturated carbocycles. The van der Waals surface area contributed by atoms with Crippen LogP contribution in [-0.2, 0) is 10.0 Å². The van der Waals surface area contributed by atoms with Crippen molar-refractivity contribution in [1.82, 2.24) is 4.98 Å². The van der Waals surface area contributed by atoms with Crippen molar-refractivity contribution in [1.29, 1.82) is 0 Å². The monoisotopic (exact) mass is 312 g/mol. The first kappa shape index (κ1) is 14.5. The van der Waals surface area contributed by atoms with Crippen molar-refractivity contribution in [3.05, 3.63) is 39.8 Å². The predicted molar refractivity (Wildman–Crippen MR) is 75.8 cm³/mol. The SMILES string of the molecule is Cc1ncccc1NS(=O)(=O)c1cc(C(=O)O)sc1C. The number of sulfonamides is 1. The molecule has 0 fully saturated rings. The van der Waals surface area contributed by atoms with E-state index >= 15 is 0 Å². The molecule has 0 aliphatic rings. The molecule has 2 N–H and O–H groups in total. The molecule has 106 valence electrons. The summed E-state index contributed by atoms with van der Waals surface area (Å²) < 4.78 is 27.0. The lowest BCUT2D eigenvalue weighted by molar-refractivity contribution is 0.0702. The summed E-state index contributed by atoms with van der Waals surface area (Å²) in [5.41, 5.74) is 0.914.